The molecule has 0 amide bonds. The van der Waals surface area contributed by atoms with Gasteiger partial charge < -0.3 is 19.7 Å². The van der Waals surface area contributed by atoms with Crippen molar-refractivity contribution in [2.24, 2.45) is 0 Å². The lowest BCUT2D eigenvalue weighted by atomic mass is 9.96. The molecular weight excluding hydrogens is 414 g/mol. The molecule has 1 aliphatic heterocycles. The molecule has 168 valence electrons. The van der Waals surface area contributed by atoms with Crippen LogP contribution in [-0.2, 0) is 0 Å². The van der Waals surface area contributed by atoms with Crippen molar-refractivity contribution in [3.8, 4) is 5.69 Å². The van der Waals surface area contributed by atoms with Crippen LogP contribution >= 0.6 is 12.2 Å². The summed E-state index contributed by atoms with van der Waals surface area (Å²) < 4.78 is 2.39. The Kier molecular flexibility index (Phi) is 6.35. The molecule has 0 aliphatic carbocycles. The maximum Gasteiger partial charge on any atom is 0.170 e. The van der Waals surface area contributed by atoms with E-state index in [0.717, 1.165) is 23.9 Å². The first kappa shape index (κ1) is 22.5. The van der Waals surface area contributed by atoms with Crippen molar-refractivity contribution in [2.75, 3.05) is 27.2 Å². The van der Waals surface area contributed by atoms with Crippen molar-refractivity contribution in [1.29, 1.82) is 0 Å². The summed E-state index contributed by atoms with van der Waals surface area (Å²) in [5.41, 5.74) is 8.66. The fraction of sp³-hybridized carbons (Fsp3) is 0.385. The number of benzene rings is 1. The molecule has 1 aliphatic rings. The van der Waals surface area contributed by atoms with Gasteiger partial charge in [-0.25, -0.2) is 0 Å². The first-order valence-electron chi connectivity index (χ1n) is 11.2. The summed E-state index contributed by atoms with van der Waals surface area (Å²) in [6, 6.07) is 15.1. The molecule has 0 bridgehead atoms. The van der Waals surface area contributed by atoms with Crippen molar-refractivity contribution in [3.63, 3.8) is 0 Å². The number of likely N-dealkylation sites (N-methyl/N-ethyl adjacent to an activating group) is 1. The molecule has 3 aromatic rings. The lowest BCUT2D eigenvalue weighted by molar-refractivity contribution is 0.277. The van der Waals surface area contributed by atoms with E-state index in [2.05, 4.69) is 96.8 Å². The zero-order chi connectivity index (χ0) is 23.0. The molecule has 2 aromatic heterocycles. The van der Waals surface area contributed by atoms with Crippen molar-refractivity contribution < 1.29 is 0 Å². The molecule has 1 fully saturated rings. The van der Waals surface area contributed by atoms with Gasteiger partial charge in [0.1, 0.15) is 0 Å². The normalized spacial score (nSPS) is 18.5. The van der Waals surface area contributed by atoms with Gasteiger partial charge in [-0.05, 0) is 95.0 Å². The second kappa shape index (κ2) is 9.04. The lowest BCUT2D eigenvalue weighted by Gasteiger charge is -2.29. The van der Waals surface area contributed by atoms with E-state index in [9.17, 15) is 0 Å². The van der Waals surface area contributed by atoms with Crippen LogP contribution in [0, 0.1) is 27.7 Å². The number of pyridine rings is 1. The first-order valence-corrected chi connectivity index (χ1v) is 11.6. The van der Waals surface area contributed by atoms with E-state index < -0.39 is 0 Å². The van der Waals surface area contributed by atoms with E-state index in [-0.39, 0.29) is 12.1 Å². The number of nitrogens with one attached hydrogen (secondary N) is 1. The van der Waals surface area contributed by atoms with Gasteiger partial charge in [-0.2, -0.15) is 0 Å². The van der Waals surface area contributed by atoms with Crippen LogP contribution in [0.3, 0.4) is 0 Å². The van der Waals surface area contributed by atoms with Crippen LogP contribution in [0.2, 0.25) is 0 Å². The molecule has 1 aromatic carbocycles. The molecular formula is C26H33N5S. The standard InChI is InChI=1S/C26H33N5S/c1-17-10-9-12-23(19(17)3)31-18(2)16-21(20(31)4)25-24(22-11-7-8-13-27-22)28-26(32)30(25)15-14-29(5)6/h7-13,16,24-25H,14-15H2,1-6H3,(H,28,32)/t24-,25-/m0/s1. The second-order valence-corrected chi connectivity index (χ2v) is 9.39. The second-order valence-electron chi connectivity index (χ2n) is 9.00. The zero-order valence-corrected chi connectivity index (χ0v) is 20.7. The fourth-order valence-electron chi connectivity index (χ4n) is 4.73. The molecule has 0 radical (unpaired) electrons. The summed E-state index contributed by atoms with van der Waals surface area (Å²) in [5, 5.41) is 4.37. The van der Waals surface area contributed by atoms with Crippen molar-refractivity contribution in [1.82, 2.24) is 24.7 Å². The molecule has 1 saturated heterocycles. The van der Waals surface area contributed by atoms with Crippen LogP contribution in [0.4, 0.5) is 0 Å². The van der Waals surface area contributed by atoms with Crippen molar-refractivity contribution in [2.45, 2.75) is 39.8 Å². The van der Waals surface area contributed by atoms with Gasteiger partial charge in [-0.3, -0.25) is 4.98 Å². The van der Waals surface area contributed by atoms with Crippen LogP contribution in [-0.4, -0.2) is 51.6 Å². The summed E-state index contributed by atoms with van der Waals surface area (Å²) in [4.78, 5) is 9.22. The number of hydrogen-bond donors (Lipinski definition) is 1. The third-order valence-electron chi connectivity index (χ3n) is 6.59. The Balaban J connectivity index is 1.83. The van der Waals surface area contributed by atoms with Gasteiger partial charge >= 0.3 is 0 Å². The number of nitrogens with zero attached hydrogens (tertiary/aromatic N) is 4. The number of thiocarbonyl (C=S) groups is 1. The van der Waals surface area contributed by atoms with E-state index >= 15 is 0 Å². The van der Waals surface area contributed by atoms with Gasteiger partial charge in [-0.15, -0.1) is 0 Å². The lowest BCUT2D eigenvalue weighted by Crippen LogP contribution is -2.35. The zero-order valence-electron chi connectivity index (χ0n) is 19.9. The van der Waals surface area contributed by atoms with E-state index in [1.54, 1.807) is 0 Å². The molecule has 0 spiro atoms. The molecule has 1 N–H and O–H groups in total. The van der Waals surface area contributed by atoms with E-state index in [1.807, 2.05) is 18.3 Å². The van der Waals surface area contributed by atoms with Crippen LogP contribution in [0.5, 0.6) is 0 Å². The monoisotopic (exact) mass is 447 g/mol. The summed E-state index contributed by atoms with van der Waals surface area (Å²) >= 11 is 5.82. The Morgan fingerprint density at radius 3 is 2.53 bits per heavy atom. The molecule has 4 rings (SSSR count). The molecule has 6 heteroatoms. The smallest absolute Gasteiger partial charge is 0.170 e. The highest BCUT2D eigenvalue weighted by Gasteiger charge is 2.41. The minimum atomic E-state index is 0.0124. The van der Waals surface area contributed by atoms with Gasteiger partial charge in [0, 0.05) is 36.4 Å². The molecule has 5 nitrogen and oxygen atoms in total. The predicted molar refractivity (Wildman–Crippen MR) is 135 cm³/mol. The molecule has 3 heterocycles. The van der Waals surface area contributed by atoms with Gasteiger partial charge in [0.15, 0.2) is 5.11 Å². The molecule has 32 heavy (non-hydrogen) atoms. The van der Waals surface area contributed by atoms with E-state index in [1.165, 1.54) is 33.8 Å². The Hall–Kier alpha value is -2.70. The van der Waals surface area contributed by atoms with Crippen LogP contribution < -0.4 is 5.32 Å². The largest absolute Gasteiger partial charge is 0.352 e. The Morgan fingerprint density at radius 2 is 1.84 bits per heavy atom. The topological polar surface area (TPSA) is 36.3 Å². The number of rotatable bonds is 6. The Bertz CT molecular complexity index is 1120. The highest BCUT2D eigenvalue weighted by atomic mass is 32.1. The quantitative estimate of drug-likeness (QED) is 0.557. The average Bonchev–Trinajstić information content (AvgIpc) is 3.24. The van der Waals surface area contributed by atoms with E-state index in [4.69, 9.17) is 12.2 Å². The Labute approximate surface area is 197 Å². The highest BCUT2D eigenvalue weighted by molar-refractivity contribution is 7.80. The Morgan fingerprint density at radius 1 is 1.06 bits per heavy atom. The average molecular weight is 448 g/mol. The van der Waals surface area contributed by atoms with E-state index in [0.29, 0.717) is 0 Å². The van der Waals surface area contributed by atoms with Crippen LogP contribution in [0.1, 0.15) is 45.9 Å². The fourth-order valence-corrected chi connectivity index (χ4v) is 5.06. The minimum Gasteiger partial charge on any atom is -0.352 e. The SMILES string of the molecule is Cc1cccc(-n2c(C)cc([C@H]3[C@H](c4ccccn4)NC(=S)N3CCN(C)C)c2C)c1C. The summed E-state index contributed by atoms with van der Waals surface area (Å²) in [7, 11) is 4.20. The van der Waals surface area contributed by atoms with Crippen LogP contribution in [0.25, 0.3) is 5.69 Å². The van der Waals surface area contributed by atoms with Crippen molar-refractivity contribution in [3.05, 3.63) is 82.4 Å². The third kappa shape index (κ3) is 4.05. The molecule has 0 unspecified atom stereocenters. The number of aryl methyl sites for hydroxylation is 2. The van der Waals surface area contributed by atoms with Crippen molar-refractivity contribution >= 4 is 17.3 Å². The summed E-state index contributed by atoms with van der Waals surface area (Å²) in [6.45, 7) is 10.6. The predicted octanol–water partition coefficient (Wildman–Crippen LogP) is 4.64. The first-order chi connectivity index (χ1) is 15.3. The van der Waals surface area contributed by atoms with Gasteiger partial charge in [0.05, 0.1) is 17.8 Å². The highest BCUT2D eigenvalue weighted by Crippen LogP contribution is 2.41. The maximum atomic E-state index is 5.82. The maximum absolute atomic E-state index is 5.82. The summed E-state index contributed by atoms with van der Waals surface area (Å²) in [5.74, 6) is 0. The number of aromatic nitrogens is 2. The molecule has 0 saturated carbocycles. The summed E-state index contributed by atoms with van der Waals surface area (Å²) in [6.07, 6.45) is 1.86. The van der Waals surface area contributed by atoms with Crippen LogP contribution in [0.15, 0.2) is 48.7 Å². The minimum absolute atomic E-state index is 0.0124. The van der Waals surface area contributed by atoms with Gasteiger partial charge in [0.25, 0.3) is 0 Å². The number of hydrogen-bond acceptors (Lipinski definition) is 3. The van der Waals surface area contributed by atoms with Gasteiger partial charge in [-0.1, -0.05) is 18.2 Å². The van der Waals surface area contributed by atoms with Gasteiger partial charge in [0.2, 0.25) is 0 Å². The molecule has 2 atom stereocenters. The third-order valence-corrected chi connectivity index (χ3v) is 6.94.